The summed E-state index contributed by atoms with van der Waals surface area (Å²) in [5.41, 5.74) is -0.830. The first-order valence-electron chi connectivity index (χ1n) is 10.5. The molecular weight excluding hydrogens is 439 g/mol. The fourth-order valence-corrected chi connectivity index (χ4v) is 4.30. The lowest BCUT2D eigenvalue weighted by Gasteiger charge is -2.30. The third kappa shape index (κ3) is 4.56. The van der Waals surface area contributed by atoms with Crippen LogP contribution in [0.5, 0.6) is 5.75 Å². The number of nitrogens with one attached hydrogen (secondary N) is 2. The molecule has 1 aliphatic rings. The van der Waals surface area contributed by atoms with E-state index in [9.17, 15) is 27.9 Å². The van der Waals surface area contributed by atoms with Gasteiger partial charge in [-0.25, -0.2) is 13.2 Å². The highest BCUT2D eigenvalue weighted by molar-refractivity contribution is 5.90. The first kappa shape index (κ1) is 22.8. The molecule has 4 rings (SSSR count). The van der Waals surface area contributed by atoms with Crippen molar-refractivity contribution in [1.82, 2.24) is 15.3 Å². The summed E-state index contributed by atoms with van der Waals surface area (Å²) in [5, 5.41) is 13.6. The third-order valence-corrected chi connectivity index (χ3v) is 5.92. The number of nitrogens with zero attached hydrogens (tertiary/aromatic N) is 1. The summed E-state index contributed by atoms with van der Waals surface area (Å²) in [7, 11) is 0. The second-order valence-corrected chi connectivity index (χ2v) is 8.08. The van der Waals surface area contributed by atoms with Crippen LogP contribution in [0.15, 0.2) is 35.3 Å². The molecule has 1 aromatic carbocycles. The number of benzene rings is 1. The Balaban J connectivity index is 1.76. The van der Waals surface area contributed by atoms with Gasteiger partial charge in [-0.1, -0.05) is 0 Å². The first-order valence-corrected chi connectivity index (χ1v) is 10.5. The van der Waals surface area contributed by atoms with Crippen molar-refractivity contribution in [1.29, 1.82) is 0 Å². The summed E-state index contributed by atoms with van der Waals surface area (Å²) in [6.45, 7) is 2.19. The van der Waals surface area contributed by atoms with Gasteiger partial charge in [0, 0.05) is 24.7 Å². The third-order valence-electron chi connectivity index (χ3n) is 5.92. The molecule has 174 valence electrons. The molecule has 3 N–H and O–H groups in total. The zero-order valence-corrected chi connectivity index (χ0v) is 17.7. The van der Waals surface area contributed by atoms with E-state index >= 15 is 0 Å². The fourth-order valence-electron chi connectivity index (χ4n) is 4.30. The van der Waals surface area contributed by atoms with Crippen LogP contribution in [-0.4, -0.2) is 34.2 Å². The number of fused-ring (bicyclic) bond motifs is 1. The van der Waals surface area contributed by atoms with Crippen molar-refractivity contribution in [3.05, 3.63) is 69.5 Å². The van der Waals surface area contributed by atoms with E-state index in [-0.39, 0.29) is 28.1 Å². The second-order valence-electron chi connectivity index (χ2n) is 8.08. The highest BCUT2D eigenvalue weighted by Gasteiger charge is 2.36. The zero-order chi connectivity index (χ0) is 23.7. The Labute approximate surface area is 186 Å². The number of ether oxygens (including phenoxy) is 1. The van der Waals surface area contributed by atoms with Gasteiger partial charge in [-0.2, -0.15) is 0 Å². The number of hydrogen-bond donors (Lipinski definition) is 3. The lowest BCUT2D eigenvalue weighted by atomic mass is 9.80. The van der Waals surface area contributed by atoms with Crippen LogP contribution in [0, 0.1) is 23.4 Å². The largest absolute Gasteiger partial charge is 0.507 e. The Kier molecular flexibility index (Phi) is 6.37. The molecule has 0 unspecified atom stereocenters. The minimum Gasteiger partial charge on any atom is -0.507 e. The summed E-state index contributed by atoms with van der Waals surface area (Å²) in [5.74, 6) is -5.00. The van der Waals surface area contributed by atoms with Crippen molar-refractivity contribution >= 4 is 16.8 Å². The number of pyridine rings is 2. The maximum absolute atomic E-state index is 14.2. The SMILES string of the molecule is C[C@@H](NC(=O)[C@H](c1c(O)c2cc(F)ccc2[nH]c1=O)C1CCOCC1)c1ncc(F)cc1F. The number of rotatable bonds is 5. The molecule has 0 aliphatic carbocycles. The van der Waals surface area contributed by atoms with Crippen molar-refractivity contribution in [3.63, 3.8) is 0 Å². The standard InChI is InChI=1S/C23H22F3N3O4/c1-11(20-16(26)9-14(25)10-27-20)28-22(31)18(12-4-6-33-7-5-12)19-21(30)15-8-13(24)2-3-17(15)29-23(19)32/h2-3,8-12,18H,4-7H2,1H3,(H,28,31)(H2,29,30,32)/t11-,18+/m1/s1. The minimum atomic E-state index is -1.11. The number of carbonyl (C=O) groups excluding carboxylic acids is 1. The maximum Gasteiger partial charge on any atom is 0.256 e. The minimum absolute atomic E-state index is 0.0637. The molecule has 1 aliphatic heterocycles. The second kappa shape index (κ2) is 9.22. The monoisotopic (exact) mass is 461 g/mol. The lowest BCUT2D eigenvalue weighted by molar-refractivity contribution is -0.125. The van der Waals surface area contributed by atoms with Crippen LogP contribution < -0.4 is 10.9 Å². The molecule has 0 radical (unpaired) electrons. The molecule has 10 heteroatoms. The van der Waals surface area contributed by atoms with Crippen LogP contribution in [0.25, 0.3) is 10.9 Å². The number of H-pyrrole nitrogens is 1. The number of carbonyl (C=O) groups is 1. The molecular formula is C23H22F3N3O4. The van der Waals surface area contributed by atoms with Crippen molar-refractivity contribution in [3.8, 4) is 5.75 Å². The Morgan fingerprint density at radius 1 is 1.21 bits per heavy atom. The van der Waals surface area contributed by atoms with Gasteiger partial charge in [-0.15, -0.1) is 0 Å². The van der Waals surface area contributed by atoms with E-state index in [2.05, 4.69) is 15.3 Å². The molecule has 33 heavy (non-hydrogen) atoms. The molecule has 2 atom stereocenters. The summed E-state index contributed by atoms with van der Waals surface area (Å²) >= 11 is 0. The van der Waals surface area contributed by atoms with Crippen LogP contribution in [0.2, 0.25) is 0 Å². The summed E-state index contributed by atoms with van der Waals surface area (Å²) in [4.78, 5) is 32.6. The molecule has 3 heterocycles. The van der Waals surface area contributed by atoms with E-state index in [4.69, 9.17) is 4.74 Å². The summed E-state index contributed by atoms with van der Waals surface area (Å²) in [6.07, 6.45) is 1.72. The maximum atomic E-state index is 14.2. The predicted molar refractivity (Wildman–Crippen MR) is 113 cm³/mol. The van der Waals surface area contributed by atoms with Gasteiger partial charge in [0.05, 0.1) is 34.9 Å². The van der Waals surface area contributed by atoms with Gasteiger partial charge in [0.15, 0.2) is 0 Å². The Morgan fingerprint density at radius 2 is 1.94 bits per heavy atom. The van der Waals surface area contributed by atoms with Gasteiger partial charge in [0.25, 0.3) is 5.56 Å². The number of aromatic amines is 1. The molecule has 7 nitrogen and oxygen atoms in total. The summed E-state index contributed by atoms with van der Waals surface area (Å²) < 4.78 is 46.6. The van der Waals surface area contributed by atoms with Gasteiger partial charge in [-0.05, 0) is 43.9 Å². The Bertz CT molecular complexity index is 1260. The molecule has 0 spiro atoms. The van der Waals surface area contributed by atoms with Crippen molar-refractivity contribution in [2.45, 2.75) is 31.7 Å². The molecule has 2 aromatic heterocycles. The topological polar surface area (TPSA) is 104 Å². The zero-order valence-electron chi connectivity index (χ0n) is 17.7. The highest BCUT2D eigenvalue weighted by Crippen LogP contribution is 2.38. The van der Waals surface area contributed by atoms with E-state index in [1.165, 1.54) is 13.0 Å². The summed E-state index contributed by atoms with van der Waals surface area (Å²) in [6, 6.07) is 3.26. The molecule has 3 aromatic rings. The van der Waals surface area contributed by atoms with E-state index < -0.39 is 46.6 Å². The van der Waals surface area contributed by atoms with E-state index in [0.29, 0.717) is 32.1 Å². The predicted octanol–water partition coefficient (Wildman–Crippen LogP) is 3.43. The van der Waals surface area contributed by atoms with Gasteiger partial charge in [0.1, 0.15) is 23.2 Å². The molecule has 1 fully saturated rings. The molecule has 1 amide bonds. The number of halogens is 3. The normalized spacial score (nSPS) is 16.5. The molecule has 0 saturated carbocycles. The molecule has 1 saturated heterocycles. The van der Waals surface area contributed by atoms with Crippen LogP contribution in [-0.2, 0) is 9.53 Å². The fraction of sp³-hybridized carbons (Fsp3) is 0.348. The average Bonchev–Trinajstić information content (AvgIpc) is 2.77. The van der Waals surface area contributed by atoms with E-state index in [1.54, 1.807) is 0 Å². The van der Waals surface area contributed by atoms with E-state index in [0.717, 1.165) is 18.3 Å². The van der Waals surface area contributed by atoms with Gasteiger partial charge < -0.3 is 20.1 Å². The van der Waals surface area contributed by atoms with Crippen molar-refractivity contribution < 1.29 is 27.8 Å². The quantitative estimate of drug-likeness (QED) is 0.540. The number of aromatic nitrogens is 2. The average molecular weight is 461 g/mol. The lowest BCUT2D eigenvalue weighted by Crippen LogP contribution is -2.39. The Hall–Kier alpha value is -3.40. The number of hydrogen-bond acceptors (Lipinski definition) is 5. The van der Waals surface area contributed by atoms with E-state index in [1.807, 2.05) is 0 Å². The van der Waals surface area contributed by atoms with Gasteiger partial charge in [0.2, 0.25) is 5.91 Å². The van der Waals surface area contributed by atoms with Gasteiger partial charge in [-0.3, -0.25) is 14.6 Å². The van der Waals surface area contributed by atoms with Crippen LogP contribution >= 0.6 is 0 Å². The van der Waals surface area contributed by atoms with Crippen molar-refractivity contribution in [2.75, 3.05) is 13.2 Å². The first-order chi connectivity index (χ1) is 15.8. The number of amides is 1. The van der Waals surface area contributed by atoms with Gasteiger partial charge >= 0.3 is 0 Å². The molecule has 0 bridgehead atoms. The van der Waals surface area contributed by atoms with Crippen LogP contribution in [0.3, 0.4) is 0 Å². The smallest absolute Gasteiger partial charge is 0.256 e. The van der Waals surface area contributed by atoms with Crippen LogP contribution in [0.1, 0.15) is 43.0 Å². The Morgan fingerprint density at radius 3 is 2.64 bits per heavy atom. The highest BCUT2D eigenvalue weighted by atomic mass is 19.1. The number of aromatic hydroxyl groups is 1. The van der Waals surface area contributed by atoms with Crippen LogP contribution in [0.4, 0.5) is 13.2 Å². The van der Waals surface area contributed by atoms with Crippen molar-refractivity contribution in [2.24, 2.45) is 5.92 Å².